The van der Waals surface area contributed by atoms with Gasteiger partial charge < -0.3 is 0 Å². The fraction of sp³-hybridized carbons (Fsp3) is 0.529. The van der Waals surface area contributed by atoms with Crippen LogP contribution in [0, 0.1) is 0 Å². The van der Waals surface area contributed by atoms with E-state index in [1.54, 1.807) is 6.55 Å². The zero-order valence-corrected chi connectivity index (χ0v) is 15.5. The molecular weight excluding hydrogens is 309 g/mol. The summed E-state index contributed by atoms with van der Waals surface area (Å²) in [7, 11) is 0. The van der Waals surface area contributed by atoms with Gasteiger partial charge in [0.25, 0.3) is 0 Å². The van der Waals surface area contributed by atoms with Gasteiger partial charge in [-0.25, -0.2) is 0 Å². The molecule has 1 nitrogen and oxygen atoms in total. The molecule has 1 N–H and O–H groups in total. The summed E-state index contributed by atoms with van der Waals surface area (Å²) in [6, 6.07) is 2.45. The van der Waals surface area contributed by atoms with Crippen molar-refractivity contribution in [1.29, 1.82) is 0 Å². The predicted molar refractivity (Wildman–Crippen MR) is 79.7 cm³/mol. The molecule has 1 aromatic heterocycles. The summed E-state index contributed by atoms with van der Waals surface area (Å²) >= 11 is -0.625. The normalized spacial score (nSPS) is 15.8. The summed E-state index contributed by atoms with van der Waals surface area (Å²) in [5, 5.41) is 0. The van der Waals surface area contributed by atoms with E-state index in [1.165, 1.54) is 17.8 Å². The van der Waals surface area contributed by atoms with E-state index in [1.807, 2.05) is 0 Å². The molecule has 0 radical (unpaired) electrons. The summed E-state index contributed by atoms with van der Waals surface area (Å²) in [5.74, 6) is 0. The Hall–Kier alpha value is -0.357. The van der Waals surface area contributed by atoms with Crippen LogP contribution in [0.3, 0.4) is 0 Å². The molecule has 0 fully saturated rings. The third-order valence-corrected chi connectivity index (χ3v) is 6.77. The van der Waals surface area contributed by atoms with Gasteiger partial charge in [0.2, 0.25) is 0 Å². The molecule has 1 aliphatic carbocycles. The Morgan fingerprint density at radius 2 is 1.74 bits per heavy atom. The minimum atomic E-state index is -0.625. The molecule has 0 saturated carbocycles. The van der Waals surface area contributed by atoms with Crippen LogP contribution in [0.25, 0.3) is 0 Å². The Bertz CT molecular complexity index is 518. The van der Waals surface area contributed by atoms with Gasteiger partial charge in [0, 0.05) is 0 Å². The van der Waals surface area contributed by atoms with Gasteiger partial charge in [0.1, 0.15) is 0 Å². The first kappa shape index (κ1) is 15.0. The van der Waals surface area contributed by atoms with E-state index in [4.69, 9.17) is 0 Å². The second-order valence-corrected chi connectivity index (χ2v) is 10.9. The molecule has 102 valence electrons. The van der Waals surface area contributed by atoms with Crippen molar-refractivity contribution in [2.75, 3.05) is 0 Å². The fourth-order valence-electron chi connectivity index (χ4n) is 2.26. The number of rotatable bonds is 2. The Balaban J connectivity index is 2.37. The SMILES string of the molecule is CC(C)(C)c1c[c]([Zr][C]2=CC=CC2)c(C(C)(C)C)[nH]1. The Morgan fingerprint density at radius 3 is 2.21 bits per heavy atom. The van der Waals surface area contributed by atoms with E-state index in [9.17, 15) is 0 Å². The molecular formula is C17H25NZr. The van der Waals surface area contributed by atoms with Crippen LogP contribution in [-0.4, -0.2) is 4.98 Å². The summed E-state index contributed by atoms with van der Waals surface area (Å²) in [4.78, 5) is 3.73. The maximum atomic E-state index is 3.73. The Labute approximate surface area is 129 Å². The van der Waals surface area contributed by atoms with Crippen LogP contribution in [0.5, 0.6) is 0 Å². The van der Waals surface area contributed by atoms with Crippen molar-refractivity contribution in [1.82, 2.24) is 4.98 Å². The van der Waals surface area contributed by atoms with Crippen LogP contribution in [0.2, 0.25) is 0 Å². The topological polar surface area (TPSA) is 15.8 Å². The van der Waals surface area contributed by atoms with Crippen molar-refractivity contribution in [3.05, 3.63) is 39.0 Å². The third kappa shape index (κ3) is 3.60. The Kier molecular flexibility index (Phi) is 4.12. The third-order valence-electron chi connectivity index (χ3n) is 3.44. The first-order valence-electron chi connectivity index (χ1n) is 7.04. The van der Waals surface area contributed by atoms with Crippen LogP contribution >= 0.6 is 0 Å². The van der Waals surface area contributed by atoms with E-state index in [0.29, 0.717) is 0 Å². The quantitative estimate of drug-likeness (QED) is 0.836. The average Bonchev–Trinajstić information content (AvgIpc) is 2.84. The molecule has 1 aliphatic rings. The zero-order valence-electron chi connectivity index (χ0n) is 13.0. The van der Waals surface area contributed by atoms with Gasteiger partial charge in [-0.15, -0.1) is 0 Å². The van der Waals surface area contributed by atoms with Gasteiger partial charge >= 0.3 is 129 Å². The van der Waals surface area contributed by atoms with E-state index >= 15 is 0 Å². The molecule has 0 spiro atoms. The van der Waals surface area contributed by atoms with Crippen LogP contribution in [-0.2, 0) is 34.1 Å². The van der Waals surface area contributed by atoms with Gasteiger partial charge in [-0.1, -0.05) is 0 Å². The Morgan fingerprint density at radius 1 is 1.05 bits per heavy atom. The van der Waals surface area contributed by atoms with Crippen molar-refractivity contribution in [2.45, 2.75) is 58.8 Å². The van der Waals surface area contributed by atoms with Crippen molar-refractivity contribution >= 4 is 3.27 Å². The van der Waals surface area contributed by atoms with Gasteiger partial charge in [0.15, 0.2) is 0 Å². The number of H-pyrrole nitrogens is 1. The summed E-state index contributed by atoms with van der Waals surface area (Å²) in [6.07, 6.45) is 8.02. The monoisotopic (exact) mass is 333 g/mol. The second-order valence-electron chi connectivity index (χ2n) is 7.42. The molecule has 1 aromatic rings. The van der Waals surface area contributed by atoms with E-state index in [-0.39, 0.29) is 10.8 Å². The van der Waals surface area contributed by atoms with Gasteiger partial charge in [-0.05, 0) is 0 Å². The number of hydrogen-bond donors (Lipinski definition) is 1. The molecule has 0 aromatic carbocycles. The predicted octanol–water partition coefficient (Wildman–Crippen LogP) is 4.16. The van der Waals surface area contributed by atoms with E-state index in [2.05, 4.69) is 70.8 Å². The number of hydrogen-bond acceptors (Lipinski definition) is 0. The van der Waals surface area contributed by atoms with Crippen molar-refractivity contribution < 1.29 is 23.2 Å². The van der Waals surface area contributed by atoms with Crippen LogP contribution in [0.1, 0.15) is 59.4 Å². The van der Waals surface area contributed by atoms with Gasteiger partial charge in [-0.2, -0.15) is 0 Å². The van der Waals surface area contributed by atoms with E-state index in [0.717, 1.165) is 0 Å². The molecule has 19 heavy (non-hydrogen) atoms. The fourth-order valence-corrected chi connectivity index (χ4v) is 6.01. The van der Waals surface area contributed by atoms with Gasteiger partial charge in [0.05, 0.1) is 0 Å². The number of nitrogens with one attached hydrogen (secondary N) is 1. The second kappa shape index (κ2) is 5.20. The molecule has 0 saturated heterocycles. The zero-order chi connectivity index (χ0) is 14.3. The summed E-state index contributed by atoms with van der Waals surface area (Å²) < 4.78 is 3.32. The maximum absolute atomic E-state index is 3.73. The van der Waals surface area contributed by atoms with E-state index < -0.39 is 23.2 Å². The average molecular weight is 335 g/mol. The molecule has 0 unspecified atom stereocenters. The first-order valence-corrected chi connectivity index (χ1v) is 9.50. The molecule has 0 amide bonds. The molecule has 2 heteroatoms. The van der Waals surface area contributed by atoms with Crippen molar-refractivity contribution in [3.63, 3.8) is 0 Å². The molecule has 0 bridgehead atoms. The minimum absolute atomic E-state index is 0.208. The molecule has 1 heterocycles. The number of aromatic nitrogens is 1. The first-order chi connectivity index (χ1) is 8.68. The summed E-state index contributed by atoms with van der Waals surface area (Å²) in [6.45, 7) is 13.8. The molecule has 0 atom stereocenters. The standard InChI is InChI=1S/C12H20N.C5H5.Zr/c1-11(2,3)9-7-8-10(13-9)12(4,5)6;1-2-4-5-3-1;/h7,13H,1-6H3;1-3H,4H2;. The van der Waals surface area contributed by atoms with Crippen LogP contribution < -0.4 is 3.27 Å². The summed E-state index contributed by atoms with van der Waals surface area (Å²) in [5.41, 5.74) is 3.28. The van der Waals surface area contributed by atoms with Crippen LogP contribution in [0.15, 0.2) is 27.6 Å². The van der Waals surface area contributed by atoms with Crippen molar-refractivity contribution in [2.24, 2.45) is 0 Å². The molecule has 2 rings (SSSR count). The number of aromatic amines is 1. The van der Waals surface area contributed by atoms with Crippen molar-refractivity contribution in [3.8, 4) is 0 Å². The molecule has 0 aliphatic heterocycles. The van der Waals surface area contributed by atoms with Gasteiger partial charge in [-0.3, -0.25) is 0 Å². The van der Waals surface area contributed by atoms with Crippen LogP contribution in [0.4, 0.5) is 0 Å². The number of allylic oxidation sites excluding steroid dienone is 4.